The number of ether oxygens (including phenoxy) is 2. The highest BCUT2D eigenvalue weighted by atomic mass is 19.3. The average Bonchev–Trinajstić information content (AvgIpc) is 2.75. The molecule has 32 heavy (non-hydrogen) atoms. The first-order valence-corrected chi connectivity index (χ1v) is 10.1. The number of rotatable bonds is 8. The van der Waals surface area contributed by atoms with Crippen LogP contribution in [0.2, 0.25) is 0 Å². The van der Waals surface area contributed by atoms with Crippen LogP contribution in [0.3, 0.4) is 0 Å². The molecule has 0 bridgehead atoms. The number of halogens is 2. The molecule has 0 aliphatic heterocycles. The van der Waals surface area contributed by atoms with E-state index in [1.54, 1.807) is 75.4 Å². The second-order valence-corrected chi connectivity index (χ2v) is 8.36. The third-order valence-electron chi connectivity index (χ3n) is 4.35. The maximum absolute atomic E-state index is 14.0. The van der Waals surface area contributed by atoms with Gasteiger partial charge in [-0.05, 0) is 39.3 Å². The van der Waals surface area contributed by atoms with Gasteiger partial charge in [-0.2, -0.15) is 0 Å². The first-order valence-electron chi connectivity index (χ1n) is 10.1. The van der Waals surface area contributed by atoms with Crippen molar-refractivity contribution in [2.24, 2.45) is 0 Å². The maximum atomic E-state index is 14.0. The summed E-state index contributed by atoms with van der Waals surface area (Å²) < 4.78 is 37.7. The Balaban J connectivity index is 1.95. The van der Waals surface area contributed by atoms with E-state index in [1.165, 1.54) is 6.92 Å². The summed E-state index contributed by atoms with van der Waals surface area (Å²) in [4.78, 5) is 36.4. The predicted molar refractivity (Wildman–Crippen MR) is 115 cm³/mol. The van der Waals surface area contributed by atoms with E-state index in [9.17, 15) is 23.2 Å². The van der Waals surface area contributed by atoms with Gasteiger partial charge in [-0.15, -0.1) is 0 Å². The monoisotopic (exact) mass is 447 g/mol. The first kappa shape index (κ1) is 25.0. The lowest BCUT2D eigenvalue weighted by atomic mass is 9.96. The van der Waals surface area contributed by atoms with Crippen LogP contribution in [0, 0.1) is 0 Å². The van der Waals surface area contributed by atoms with Crippen molar-refractivity contribution >= 4 is 17.8 Å². The molecule has 0 saturated carbocycles. The number of nitrogens with one attached hydrogen (secondary N) is 1. The van der Waals surface area contributed by atoms with Gasteiger partial charge in [0.25, 0.3) is 5.92 Å². The molecule has 2 aromatic rings. The molecule has 0 radical (unpaired) electrons. The average molecular weight is 447 g/mol. The number of hydrogen-bond donors (Lipinski definition) is 1. The molecule has 1 atom stereocenters. The van der Waals surface area contributed by atoms with Gasteiger partial charge in [0, 0.05) is 11.1 Å². The molecule has 0 fully saturated rings. The third kappa shape index (κ3) is 7.76. The Bertz CT molecular complexity index is 954. The van der Waals surface area contributed by atoms with Gasteiger partial charge in [0.15, 0.2) is 12.4 Å². The second-order valence-electron chi connectivity index (χ2n) is 8.36. The summed E-state index contributed by atoms with van der Waals surface area (Å²) in [6.45, 7) is 4.09. The fraction of sp³-hybridized carbons (Fsp3) is 0.375. The largest absolute Gasteiger partial charge is 0.459 e. The topological polar surface area (TPSA) is 81.7 Å². The van der Waals surface area contributed by atoms with Crippen LogP contribution in [0.1, 0.15) is 55.1 Å². The Morgan fingerprint density at radius 3 is 2.22 bits per heavy atom. The van der Waals surface area contributed by atoms with Gasteiger partial charge < -0.3 is 14.8 Å². The van der Waals surface area contributed by atoms with Gasteiger partial charge >= 0.3 is 12.1 Å². The Morgan fingerprint density at radius 2 is 1.59 bits per heavy atom. The number of carbonyl (C=O) groups is 3. The minimum atomic E-state index is -3.47. The van der Waals surface area contributed by atoms with Crippen molar-refractivity contribution < 1.29 is 32.6 Å². The van der Waals surface area contributed by atoms with Gasteiger partial charge in [0.05, 0.1) is 12.5 Å². The van der Waals surface area contributed by atoms with E-state index in [0.29, 0.717) is 16.7 Å². The van der Waals surface area contributed by atoms with Crippen molar-refractivity contribution in [2.75, 3.05) is 13.2 Å². The van der Waals surface area contributed by atoms with Crippen LogP contribution in [-0.4, -0.2) is 42.5 Å². The van der Waals surface area contributed by atoms with Gasteiger partial charge in [-0.1, -0.05) is 48.5 Å². The SMILES string of the molecule is CC(C(=O)OCC(F)(F)CNC(=O)OC(C)(C)C)c1cccc(C(=O)c2ccccc2)c1. The third-order valence-corrected chi connectivity index (χ3v) is 4.35. The normalized spacial score (nSPS) is 12.6. The number of hydrogen-bond acceptors (Lipinski definition) is 5. The summed E-state index contributed by atoms with van der Waals surface area (Å²) in [6.07, 6.45) is -0.989. The second kappa shape index (κ2) is 10.3. The van der Waals surface area contributed by atoms with Crippen LogP contribution in [-0.2, 0) is 14.3 Å². The highest BCUT2D eigenvalue weighted by molar-refractivity contribution is 6.09. The Labute approximate surface area is 185 Å². The van der Waals surface area contributed by atoms with Gasteiger partial charge in [0.2, 0.25) is 0 Å². The van der Waals surface area contributed by atoms with Crippen LogP contribution in [0.15, 0.2) is 54.6 Å². The highest BCUT2D eigenvalue weighted by Crippen LogP contribution is 2.22. The molecule has 0 aromatic heterocycles. The lowest BCUT2D eigenvalue weighted by molar-refractivity contribution is -0.156. The molecule has 1 unspecified atom stereocenters. The van der Waals surface area contributed by atoms with E-state index in [2.05, 4.69) is 0 Å². The minimum Gasteiger partial charge on any atom is -0.459 e. The smallest absolute Gasteiger partial charge is 0.407 e. The molecule has 0 aliphatic carbocycles. The van der Waals surface area contributed by atoms with Crippen LogP contribution >= 0.6 is 0 Å². The Kier molecular flexibility index (Phi) is 8.08. The number of ketones is 1. The number of alkyl halides is 2. The molecule has 0 spiro atoms. The van der Waals surface area contributed by atoms with Crippen LogP contribution < -0.4 is 5.32 Å². The van der Waals surface area contributed by atoms with Crippen molar-refractivity contribution in [1.82, 2.24) is 5.32 Å². The number of esters is 1. The summed E-state index contributed by atoms with van der Waals surface area (Å²) in [7, 11) is 0. The van der Waals surface area contributed by atoms with Crippen LogP contribution in [0.5, 0.6) is 0 Å². The maximum Gasteiger partial charge on any atom is 0.407 e. The summed E-state index contributed by atoms with van der Waals surface area (Å²) in [5, 5.41) is 1.96. The molecule has 0 saturated heterocycles. The summed E-state index contributed by atoms with van der Waals surface area (Å²) in [6, 6.07) is 15.1. The first-order chi connectivity index (χ1) is 14.9. The van der Waals surface area contributed by atoms with E-state index >= 15 is 0 Å². The predicted octanol–water partition coefficient (Wildman–Crippen LogP) is 4.72. The minimum absolute atomic E-state index is 0.215. The summed E-state index contributed by atoms with van der Waals surface area (Å²) in [5.41, 5.74) is 0.516. The van der Waals surface area contributed by atoms with Crippen molar-refractivity contribution in [2.45, 2.75) is 45.1 Å². The zero-order chi connectivity index (χ0) is 23.9. The van der Waals surface area contributed by atoms with Crippen molar-refractivity contribution in [3.8, 4) is 0 Å². The van der Waals surface area contributed by atoms with Crippen molar-refractivity contribution in [3.05, 3.63) is 71.3 Å². The molecule has 6 nitrogen and oxygen atoms in total. The van der Waals surface area contributed by atoms with E-state index in [-0.39, 0.29) is 5.78 Å². The van der Waals surface area contributed by atoms with Gasteiger partial charge in [0.1, 0.15) is 5.60 Å². The van der Waals surface area contributed by atoms with E-state index in [0.717, 1.165) is 0 Å². The molecule has 2 aromatic carbocycles. The highest BCUT2D eigenvalue weighted by Gasteiger charge is 2.33. The van der Waals surface area contributed by atoms with Crippen molar-refractivity contribution in [1.29, 1.82) is 0 Å². The lowest BCUT2D eigenvalue weighted by Gasteiger charge is -2.22. The van der Waals surface area contributed by atoms with E-state index in [1.807, 2.05) is 5.32 Å². The van der Waals surface area contributed by atoms with Crippen LogP contribution in [0.4, 0.5) is 13.6 Å². The molecule has 2 rings (SSSR count). The van der Waals surface area contributed by atoms with E-state index in [4.69, 9.17) is 9.47 Å². The fourth-order valence-electron chi connectivity index (χ4n) is 2.71. The molecule has 0 heterocycles. The molecular formula is C24H27F2NO5. The summed E-state index contributed by atoms with van der Waals surface area (Å²) in [5.74, 6) is -5.43. The lowest BCUT2D eigenvalue weighted by Crippen LogP contribution is -2.42. The van der Waals surface area contributed by atoms with Gasteiger partial charge in [-0.25, -0.2) is 13.6 Å². The molecule has 8 heteroatoms. The Morgan fingerprint density at radius 1 is 0.969 bits per heavy atom. The molecule has 1 N–H and O–H groups in total. The number of carbonyl (C=O) groups excluding carboxylic acids is 3. The molecule has 172 valence electrons. The molecular weight excluding hydrogens is 420 g/mol. The standard InChI is InChI=1S/C24H27F2NO5/c1-16(18-11-8-12-19(13-18)20(28)17-9-6-5-7-10-17)21(29)31-15-24(25,26)14-27-22(30)32-23(2,3)4/h5-13,16H,14-15H2,1-4H3,(H,27,30). The fourth-order valence-corrected chi connectivity index (χ4v) is 2.71. The van der Waals surface area contributed by atoms with Crippen molar-refractivity contribution in [3.63, 3.8) is 0 Å². The molecule has 0 aliphatic rings. The molecule has 1 amide bonds. The number of benzene rings is 2. The zero-order valence-corrected chi connectivity index (χ0v) is 18.5. The Hall–Kier alpha value is -3.29. The number of amides is 1. The van der Waals surface area contributed by atoms with E-state index < -0.39 is 42.7 Å². The summed E-state index contributed by atoms with van der Waals surface area (Å²) >= 11 is 0. The van der Waals surface area contributed by atoms with Gasteiger partial charge in [-0.3, -0.25) is 9.59 Å². The number of alkyl carbamates (subject to hydrolysis) is 1. The van der Waals surface area contributed by atoms with Crippen LogP contribution in [0.25, 0.3) is 0 Å². The quantitative estimate of drug-likeness (QED) is 0.468. The zero-order valence-electron chi connectivity index (χ0n) is 18.5.